The van der Waals surface area contributed by atoms with Crippen LogP contribution in [0, 0.1) is 0 Å². The second-order valence-electron chi connectivity index (χ2n) is 5.53. The van der Waals surface area contributed by atoms with E-state index in [2.05, 4.69) is 20.1 Å². The molecule has 0 unspecified atom stereocenters. The van der Waals surface area contributed by atoms with E-state index in [1.807, 2.05) is 0 Å². The monoisotopic (exact) mass is 372 g/mol. The molecule has 1 amide bonds. The number of hydrogen-bond donors (Lipinski definition) is 1. The normalized spacial score (nSPS) is 15.1. The standard InChI is InChI=1S/C16H25ClN4O4/c1-18-16(22)25-8-7-20-3-5-21(6-4-20)15-14(17)11-13(12-19-15)24-10-9-23-2/h11-12H,3-10H2,1-2H3,(H,18,22). The largest absolute Gasteiger partial charge is 0.490 e. The highest BCUT2D eigenvalue weighted by Gasteiger charge is 2.20. The van der Waals surface area contributed by atoms with Crippen LogP contribution in [-0.2, 0) is 9.47 Å². The number of halogens is 1. The average molecular weight is 373 g/mol. The quantitative estimate of drug-likeness (QED) is 0.688. The van der Waals surface area contributed by atoms with Gasteiger partial charge in [0.05, 0.1) is 17.8 Å². The van der Waals surface area contributed by atoms with Crippen LogP contribution in [0.1, 0.15) is 0 Å². The summed E-state index contributed by atoms with van der Waals surface area (Å²) in [4.78, 5) is 19.9. The van der Waals surface area contributed by atoms with E-state index in [-0.39, 0.29) is 0 Å². The summed E-state index contributed by atoms with van der Waals surface area (Å²) < 4.78 is 15.5. The lowest BCUT2D eigenvalue weighted by Gasteiger charge is -2.35. The highest BCUT2D eigenvalue weighted by atomic mass is 35.5. The lowest BCUT2D eigenvalue weighted by atomic mass is 10.3. The van der Waals surface area contributed by atoms with E-state index in [0.717, 1.165) is 32.0 Å². The Labute approximate surface area is 153 Å². The molecule has 25 heavy (non-hydrogen) atoms. The second-order valence-corrected chi connectivity index (χ2v) is 5.94. The summed E-state index contributed by atoms with van der Waals surface area (Å²) in [6, 6.07) is 1.78. The Kier molecular flexibility index (Phi) is 8.03. The minimum absolute atomic E-state index is 0.381. The Morgan fingerprint density at radius 1 is 1.28 bits per heavy atom. The topological polar surface area (TPSA) is 76.2 Å². The van der Waals surface area contributed by atoms with Gasteiger partial charge in [-0.1, -0.05) is 11.6 Å². The SMILES string of the molecule is CNC(=O)OCCN1CCN(c2ncc(OCCOC)cc2Cl)CC1. The summed E-state index contributed by atoms with van der Waals surface area (Å²) in [6.45, 7) is 5.44. The van der Waals surface area contributed by atoms with E-state index in [0.29, 0.717) is 37.1 Å². The fourth-order valence-corrected chi connectivity index (χ4v) is 2.77. The molecule has 1 aliphatic rings. The van der Waals surface area contributed by atoms with E-state index in [4.69, 9.17) is 25.8 Å². The number of nitrogens with zero attached hydrogens (tertiary/aromatic N) is 3. The number of hydrogen-bond acceptors (Lipinski definition) is 7. The van der Waals surface area contributed by atoms with Gasteiger partial charge in [0.1, 0.15) is 24.8 Å². The number of piperazine rings is 1. The second kappa shape index (κ2) is 10.3. The Hall–Kier alpha value is -1.77. The third-order valence-corrected chi connectivity index (χ3v) is 4.15. The maximum atomic E-state index is 11.0. The highest BCUT2D eigenvalue weighted by Crippen LogP contribution is 2.27. The first-order chi connectivity index (χ1) is 12.1. The van der Waals surface area contributed by atoms with Crippen molar-refractivity contribution in [1.29, 1.82) is 0 Å². The average Bonchev–Trinajstić information content (AvgIpc) is 2.63. The van der Waals surface area contributed by atoms with Crippen molar-refractivity contribution in [2.24, 2.45) is 0 Å². The fraction of sp³-hybridized carbons (Fsp3) is 0.625. The molecule has 0 atom stereocenters. The van der Waals surface area contributed by atoms with Gasteiger partial charge in [-0.2, -0.15) is 0 Å². The zero-order valence-corrected chi connectivity index (χ0v) is 15.4. The third kappa shape index (κ3) is 6.22. The summed E-state index contributed by atoms with van der Waals surface area (Å²) in [5.41, 5.74) is 0. The summed E-state index contributed by atoms with van der Waals surface area (Å²) >= 11 is 6.35. The molecule has 8 nitrogen and oxygen atoms in total. The summed E-state index contributed by atoms with van der Waals surface area (Å²) in [6.07, 6.45) is 1.28. The summed E-state index contributed by atoms with van der Waals surface area (Å²) in [7, 11) is 3.17. The maximum Gasteiger partial charge on any atom is 0.406 e. The number of amides is 1. The minimum atomic E-state index is -0.401. The van der Waals surface area contributed by atoms with E-state index < -0.39 is 6.09 Å². The lowest BCUT2D eigenvalue weighted by molar-refractivity contribution is 0.127. The predicted octanol–water partition coefficient (Wildman–Crippen LogP) is 1.24. The van der Waals surface area contributed by atoms with Crippen molar-refractivity contribution >= 4 is 23.5 Å². The number of carbonyl (C=O) groups is 1. The number of alkyl carbamates (subject to hydrolysis) is 1. The summed E-state index contributed by atoms with van der Waals surface area (Å²) in [5, 5.41) is 3.01. The molecule has 1 aromatic rings. The van der Waals surface area contributed by atoms with Gasteiger partial charge in [-0.25, -0.2) is 9.78 Å². The van der Waals surface area contributed by atoms with E-state index in [9.17, 15) is 4.79 Å². The van der Waals surface area contributed by atoms with Crippen LogP contribution in [0.3, 0.4) is 0 Å². The lowest BCUT2D eigenvalue weighted by Crippen LogP contribution is -2.47. The van der Waals surface area contributed by atoms with Gasteiger partial charge in [-0.15, -0.1) is 0 Å². The van der Waals surface area contributed by atoms with Crippen LogP contribution < -0.4 is 15.0 Å². The number of carbonyl (C=O) groups excluding carboxylic acids is 1. The van der Waals surface area contributed by atoms with Crippen LogP contribution in [0.2, 0.25) is 5.02 Å². The molecule has 1 aromatic heterocycles. The number of rotatable bonds is 8. The first-order valence-corrected chi connectivity index (χ1v) is 8.61. The van der Waals surface area contributed by atoms with Gasteiger partial charge in [0.15, 0.2) is 0 Å². The van der Waals surface area contributed by atoms with Crippen LogP contribution in [0.25, 0.3) is 0 Å². The van der Waals surface area contributed by atoms with Crippen molar-refractivity contribution in [2.45, 2.75) is 0 Å². The van der Waals surface area contributed by atoms with Gasteiger partial charge in [0.25, 0.3) is 0 Å². The predicted molar refractivity (Wildman–Crippen MR) is 95.7 cm³/mol. The number of methoxy groups -OCH3 is 1. The zero-order valence-electron chi connectivity index (χ0n) is 14.7. The van der Waals surface area contributed by atoms with Crippen molar-refractivity contribution in [3.05, 3.63) is 17.3 Å². The fourth-order valence-electron chi connectivity index (χ4n) is 2.49. The van der Waals surface area contributed by atoms with Crippen molar-refractivity contribution < 1.29 is 19.0 Å². The van der Waals surface area contributed by atoms with Gasteiger partial charge in [0.2, 0.25) is 0 Å². The molecule has 2 rings (SSSR count). The molecule has 0 bridgehead atoms. The minimum Gasteiger partial charge on any atom is -0.490 e. The maximum absolute atomic E-state index is 11.0. The van der Waals surface area contributed by atoms with Crippen molar-refractivity contribution in [2.75, 3.05) is 71.6 Å². The number of ether oxygens (including phenoxy) is 3. The molecule has 0 saturated carbocycles. The molecule has 1 aliphatic heterocycles. The molecule has 0 radical (unpaired) electrons. The molecule has 1 saturated heterocycles. The van der Waals surface area contributed by atoms with E-state index in [1.165, 1.54) is 0 Å². The van der Waals surface area contributed by atoms with Gasteiger partial charge < -0.3 is 24.4 Å². The third-order valence-electron chi connectivity index (χ3n) is 3.87. The molecular formula is C16H25ClN4O4. The van der Waals surface area contributed by atoms with Gasteiger partial charge in [0, 0.05) is 52.9 Å². The molecule has 2 heterocycles. The molecule has 0 spiro atoms. The van der Waals surface area contributed by atoms with Crippen LogP contribution >= 0.6 is 11.6 Å². The van der Waals surface area contributed by atoms with E-state index >= 15 is 0 Å². The molecule has 140 valence electrons. The zero-order chi connectivity index (χ0) is 18.1. The van der Waals surface area contributed by atoms with Crippen LogP contribution in [-0.4, -0.2) is 82.7 Å². The molecule has 9 heteroatoms. The molecule has 0 aromatic carbocycles. The first-order valence-electron chi connectivity index (χ1n) is 8.23. The number of aromatic nitrogens is 1. The van der Waals surface area contributed by atoms with Crippen molar-refractivity contribution in [1.82, 2.24) is 15.2 Å². The number of pyridine rings is 1. The van der Waals surface area contributed by atoms with Crippen molar-refractivity contribution in [3.8, 4) is 5.75 Å². The Bertz CT molecular complexity index is 553. The highest BCUT2D eigenvalue weighted by molar-refractivity contribution is 6.33. The summed E-state index contributed by atoms with van der Waals surface area (Å²) in [5.74, 6) is 1.40. The van der Waals surface area contributed by atoms with Crippen LogP contribution in [0.4, 0.5) is 10.6 Å². The molecule has 1 fully saturated rings. The Balaban J connectivity index is 1.79. The van der Waals surface area contributed by atoms with E-state index in [1.54, 1.807) is 26.4 Å². The Morgan fingerprint density at radius 3 is 2.68 bits per heavy atom. The van der Waals surface area contributed by atoms with Gasteiger partial charge in [-0.05, 0) is 0 Å². The first kappa shape index (κ1) is 19.6. The van der Waals surface area contributed by atoms with Crippen LogP contribution in [0.5, 0.6) is 5.75 Å². The van der Waals surface area contributed by atoms with Gasteiger partial charge in [-0.3, -0.25) is 4.90 Å². The van der Waals surface area contributed by atoms with Crippen molar-refractivity contribution in [3.63, 3.8) is 0 Å². The molecule has 0 aliphatic carbocycles. The van der Waals surface area contributed by atoms with Crippen LogP contribution in [0.15, 0.2) is 12.3 Å². The molecular weight excluding hydrogens is 348 g/mol. The van der Waals surface area contributed by atoms with Gasteiger partial charge >= 0.3 is 6.09 Å². The smallest absolute Gasteiger partial charge is 0.406 e. The number of anilines is 1. The molecule has 1 N–H and O–H groups in total. The Morgan fingerprint density at radius 2 is 2.04 bits per heavy atom. The number of nitrogens with one attached hydrogen (secondary N) is 1.